The first kappa shape index (κ1) is 16.9. The molecule has 0 saturated heterocycles. The Morgan fingerprint density at radius 3 is 3.08 bits per heavy atom. The molecule has 0 aliphatic rings. The Balaban J connectivity index is 1.64. The number of aromatic amines is 1. The van der Waals surface area contributed by atoms with Gasteiger partial charge in [-0.3, -0.25) is 9.97 Å². The molecule has 2 aromatic heterocycles. The molecule has 1 aromatic carbocycles. The van der Waals surface area contributed by atoms with Crippen LogP contribution in [-0.2, 0) is 13.0 Å². The van der Waals surface area contributed by atoms with Crippen LogP contribution < -0.4 is 22.1 Å². The summed E-state index contributed by atoms with van der Waals surface area (Å²) in [6.45, 7) is 2.45. The van der Waals surface area contributed by atoms with E-state index in [0.29, 0.717) is 40.0 Å². The van der Waals surface area contributed by atoms with E-state index in [-0.39, 0.29) is 0 Å². The lowest BCUT2D eigenvalue weighted by molar-refractivity contribution is 0.555. The van der Waals surface area contributed by atoms with Crippen LogP contribution in [0.4, 0.5) is 11.5 Å². The zero-order valence-corrected chi connectivity index (χ0v) is 14.4. The van der Waals surface area contributed by atoms with E-state index in [1.807, 2.05) is 0 Å². The first-order valence-corrected chi connectivity index (χ1v) is 8.24. The molecule has 0 radical (unpaired) electrons. The number of aromatic nitrogens is 3. The largest absolute Gasteiger partial charge is 0.417 e. The van der Waals surface area contributed by atoms with Gasteiger partial charge in [0.1, 0.15) is 11.5 Å². The molecule has 2 heterocycles. The molecule has 0 amide bonds. The summed E-state index contributed by atoms with van der Waals surface area (Å²) < 4.78 is 5.02. The van der Waals surface area contributed by atoms with Crippen LogP contribution in [0.5, 0.6) is 0 Å². The van der Waals surface area contributed by atoms with Gasteiger partial charge in [0.05, 0.1) is 24.0 Å². The molecule has 25 heavy (non-hydrogen) atoms. The second kappa shape index (κ2) is 7.31. The molecule has 0 atom stereocenters. The second-order valence-corrected chi connectivity index (χ2v) is 5.88. The van der Waals surface area contributed by atoms with Crippen LogP contribution in [0.15, 0.2) is 33.6 Å². The van der Waals surface area contributed by atoms with E-state index in [9.17, 15) is 4.79 Å². The zero-order valence-electron chi connectivity index (χ0n) is 13.6. The quantitative estimate of drug-likeness (QED) is 0.510. The van der Waals surface area contributed by atoms with Crippen molar-refractivity contribution in [2.45, 2.75) is 26.3 Å². The monoisotopic (exact) mass is 358 g/mol. The van der Waals surface area contributed by atoms with Crippen LogP contribution in [0.1, 0.15) is 24.7 Å². The van der Waals surface area contributed by atoms with Gasteiger partial charge >= 0.3 is 5.76 Å². The molecule has 0 unspecified atom stereocenters. The fourth-order valence-corrected chi connectivity index (χ4v) is 2.54. The Labute approximate surface area is 148 Å². The van der Waals surface area contributed by atoms with Crippen molar-refractivity contribution in [3.63, 3.8) is 0 Å². The second-order valence-electron chi connectivity index (χ2n) is 5.48. The number of hydrogen-bond donors (Lipinski definition) is 4. The minimum absolute atomic E-state index is 0.365. The lowest BCUT2D eigenvalue weighted by atomic mass is 10.2. The number of nitrogens with two attached hydrogens (primary N) is 1. The number of aryl methyl sites for hydroxylation is 1. The molecule has 0 saturated carbocycles. The van der Waals surface area contributed by atoms with Crippen molar-refractivity contribution in [2.75, 3.05) is 11.1 Å². The van der Waals surface area contributed by atoms with Gasteiger partial charge in [-0.2, -0.15) is 0 Å². The Morgan fingerprint density at radius 2 is 2.28 bits per heavy atom. The van der Waals surface area contributed by atoms with Crippen molar-refractivity contribution in [1.82, 2.24) is 20.3 Å². The van der Waals surface area contributed by atoms with Crippen molar-refractivity contribution in [3.05, 3.63) is 46.3 Å². The van der Waals surface area contributed by atoms with E-state index in [0.717, 1.165) is 18.5 Å². The molecule has 3 rings (SSSR count). The average Bonchev–Trinajstić information content (AvgIpc) is 2.95. The topological polar surface area (TPSA) is 122 Å². The summed E-state index contributed by atoms with van der Waals surface area (Å²) in [5, 5.41) is 6.48. The van der Waals surface area contributed by atoms with Gasteiger partial charge < -0.3 is 20.8 Å². The van der Waals surface area contributed by atoms with Crippen molar-refractivity contribution < 1.29 is 4.42 Å². The lowest BCUT2D eigenvalue weighted by Gasteiger charge is -2.11. The maximum atomic E-state index is 11.2. The number of rotatable bonds is 5. The Hall–Kier alpha value is -2.94. The van der Waals surface area contributed by atoms with Crippen LogP contribution in [0.25, 0.3) is 11.1 Å². The van der Waals surface area contributed by atoms with Crippen molar-refractivity contribution >= 4 is 39.9 Å². The number of anilines is 2. The number of nitrogens with one attached hydrogen (secondary N) is 3. The Kier molecular flexibility index (Phi) is 4.94. The van der Waals surface area contributed by atoms with Crippen LogP contribution in [-0.4, -0.2) is 20.1 Å². The molecule has 9 heteroatoms. The SMILES string of the molecule is CCCc1cnc(N)c(CNC(=S)Nc2ccc3[nH]c(=O)oc3c2)n1. The highest BCUT2D eigenvalue weighted by atomic mass is 32.1. The summed E-state index contributed by atoms with van der Waals surface area (Å²) in [6.07, 6.45) is 3.53. The smallest absolute Gasteiger partial charge is 0.408 e. The molecule has 0 aliphatic heterocycles. The number of hydrogen-bond acceptors (Lipinski definition) is 6. The number of oxazole rings is 1. The van der Waals surface area contributed by atoms with Gasteiger partial charge in [0.25, 0.3) is 0 Å². The van der Waals surface area contributed by atoms with Crippen LogP contribution in [0, 0.1) is 0 Å². The predicted octanol–water partition coefficient (Wildman–Crippen LogP) is 1.93. The zero-order chi connectivity index (χ0) is 17.8. The van der Waals surface area contributed by atoms with Gasteiger partial charge in [-0.1, -0.05) is 13.3 Å². The fraction of sp³-hybridized carbons (Fsp3) is 0.250. The van der Waals surface area contributed by atoms with Crippen LogP contribution in [0.2, 0.25) is 0 Å². The normalized spacial score (nSPS) is 10.8. The van der Waals surface area contributed by atoms with Crippen molar-refractivity contribution in [2.24, 2.45) is 0 Å². The summed E-state index contributed by atoms with van der Waals surface area (Å²) in [5.74, 6) is -0.112. The summed E-state index contributed by atoms with van der Waals surface area (Å²) in [6, 6.07) is 5.22. The molecule has 0 aliphatic carbocycles. The molecular weight excluding hydrogens is 340 g/mol. The van der Waals surface area contributed by atoms with Gasteiger partial charge in [0.2, 0.25) is 0 Å². The van der Waals surface area contributed by atoms with Gasteiger partial charge in [-0.15, -0.1) is 0 Å². The fourth-order valence-electron chi connectivity index (χ4n) is 2.35. The molecule has 130 valence electrons. The van der Waals surface area contributed by atoms with Crippen LogP contribution >= 0.6 is 12.2 Å². The molecule has 0 bridgehead atoms. The van der Waals surface area contributed by atoms with Gasteiger partial charge in [-0.05, 0) is 30.8 Å². The third-order valence-corrected chi connectivity index (χ3v) is 3.77. The number of nitrogen functional groups attached to an aromatic ring is 1. The molecular formula is C16H18N6O2S. The molecule has 0 spiro atoms. The van der Waals surface area contributed by atoms with Gasteiger partial charge in [0, 0.05) is 11.8 Å². The Bertz CT molecular complexity index is 965. The molecule has 0 fully saturated rings. The van der Waals surface area contributed by atoms with E-state index in [1.165, 1.54) is 0 Å². The minimum Gasteiger partial charge on any atom is -0.408 e. The summed E-state index contributed by atoms with van der Waals surface area (Å²) >= 11 is 5.28. The highest BCUT2D eigenvalue weighted by Crippen LogP contribution is 2.16. The maximum Gasteiger partial charge on any atom is 0.417 e. The first-order valence-electron chi connectivity index (χ1n) is 7.83. The number of H-pyrrole nitrogens is 1. The minimum atomic E-state index is -0.492. The molecule has 8 nitrogen and oxygen atoms in total. The van der Waals surface area contributed by atoms with E-state index in [4.69, 9.17) is 22.4 Å². The number of nitrogens with zero attached hydrogens (tertiary/aromatic N) is 2. The Morgan fingerprint density at radius 1 is 1.44 bits per heavy atom. The van der Waals surface area contributed by atoms with Crippen molar-refractivity contribution in [1.29, 1.82) is 0 Å². The number of fused-ring (bicyclic) bond motifs is 1. The van der Waals surface area contributed by atoms with E-state index < -0.39 is 5.76 Å². The third-order valence-electron chi connectivity index (χ3n) is 3.53. The van der Waals surface area contributed by atoms with E-state index >= 15 is 0 Å². The van der Waals surface area contributed by atoms with Crippen molar-refractivity contribution in [3.8, 4) is 0 Å². The highest BCUT2D eigenvalue weighted by molar-refractivity contribution is 7.80. The number of benzene rings is 1. The van der Waals surface area contributed by atoms with Crippen LogP contribution in [0.3, 0.4) is 0 Å². The predicted molar refractivity (Wildman–Crippen MR) is 100 cm³/mol. The first-order chi connectivity index (χ1) is 12.0. The van der Waals surface area contributed by atoms with E-state index in [2.05, 4.69) is 32.5 Å². The third kappa shape index (κ3) is 4.13. The summed E-state index contributed by atoms with van der Waals surface area (Å²) in [5.41, 5.74) is 9.21. The van der Waals surface area contributed by atoms with Gasteiger partial charge in [0.15, 0.2) is 10.7 Å². The summed E-state index contributed by atoms with van der Waals surface area (Å²) in [4.78, 5) is 22.4. The average molecular weight is 358 g/mol. The maximum absolute atomic E-state index is 11.2. The highest BCUT2D eigenvalue weighted by Gasteiger charge is 2.07. The molecule has 3 aromatic rings. The lowest BCUT2D eigenvalue weighted by Crippen LogP contribution is -2.28. The van der Waals surface area contributed by atoms with E-state index in [1.54, 1.807) is 24.4 Å². The standard InChI is InChI=1S/C16H18N6O2S/c1-2-3-10-7-18-14(17)12(20-10)8-19-15(25)21-9-4-5-11-13(6-9)24-16(23)22-11/h4-7H,2-3,8H2,1H3,(H2,17,18)(H,22,23)(H2,19,21,25). The number of thiocarbonyl (C=S) groups is 1. The van der Waals surface area contributed by atoms with Gasteiger partial charge in [-0.25, -0.2) is 9.78 Å². The molecule has 5 N–H and O–H groups in total. The summed E-state index contributed by atoms with van der Waals surface area (Å²) in [7, 11) is 0.